The summed E-state index contributed by atoms with van der Waals surface area (Å²) in [6.07, 6.45) is 5.82. The standard InChI is InChI=1S/C14H26N4O/c1-15-7-8-18(2)10-12-9-16-17-14(12)11-3-5-13(19)6-4-11/h9,11,13,15,19H,3-8,10H2,1-2H3,(H,16,17). The van der Waals surface area contributed by atoms with Gasteiger partial charge in [-0.2, -0.15) is 5.10 Å². The van der Waals surface area contributed by atoms with Crippen LogP contribution in [0.2, 0.25) is 0 Å². The number of aliphatic hydroxyl groups is 1. The number of aromatic nitrogens is 2. The molecule has 0 radical (unpaired) electrons. The molecule has 1 aliphatic carbocycles. The maximum absolute atomic E-state index is 9.60. The Bertz CT molecular complexity index is 371. The number of rotatable bonds is 6. The molecule has 0 aliphatic heterocycles. The quantitative estimate of drug-likeness (QED) is 0.721. The Labute approximate surface area is 115 Å². The largest absolute Gasteiger partial charge is 0.393 e. The number of aromatic amines is 1. The predicted octanol–water partition coefficient (Wildman–Crippen LogP) is 1.08. The summed E-state index contributed by atoms with van der Waals surface area (Å²) in [7, 11) is 4.11. The minimum absolute atomic E-state index is 0.0964. The van der Waals surface area contributed by atoms with Crippen LogP contribution in [0, 0.1) is 0 Å². The molecular weight excluding hydrogens is 240 g/mol. The van der Waals surface area contributed by atoms with Gasteiger partial charge < -0.3 is 15.3 Å². The summed E-state index contributed by atoms with van der Waals surface area (Å²) < 4.78 is 0. The van der Waals surface area contributed by atoms with Crippen molar-refractivity contribution in [1.29, 1.82) is 0 Å². The Hall–Kier alpha value is -0.910. The van der Waals surface area contributed by atoms with E-state index in [1.807, 2.05) is 13.2 Å². The maximum atomic E-state index is 9.60. The molecule has 19 heavy (non-hydrogen) atoms. The van der Waals surface area contributed by atoms with E-state index < -0.39 is 0 Å². The molecule has 1 fully saturated rings. The molecule has 0 aromatic carbocycles. The number of hydrogen-bond donors (Lipinski definition) is 3. The fourth-order valence-electron chi connectivity index (χ4n) is 2.84. The fraction of sp³-hybridized carbons (Fsp3) is 0.786. The van der Waals surface area contributed by atoms with E-state index in [-0.39, 0.29) is 6.10 Å². The Morgan fingerprint density at radius 3 is 2.84 bits per heavy atom. The molecule has 108 valence electrons. The van der Waals surface area contributed by atoms with E-state index >= 15 is 0 Å². The molecule has 0 unspecified atom stereocenters. The van der Waals surface area contributed by atoms with Crippen LogP contribution in [0.5, 0.6) is 0 Å². The SMILES string of the molecule is CNCCN(C)Cc1cn[nH]c1C1CCC(O)CC1. The molecule has 5 heteroatoms. The van der Waals surface area contributed by atoms with Gasteiger partial charge in [-0.3, -0.25) is 5.10 Å². The third kappa shape index (κ3) is 4.03. The highest BCUT2D eigenvalue weighted by Crippen LogP contribution is 2.33. The molecule has 0 saturated heterocycles. The zero-order valence-electron chi connectivity index (χ0n) is 12.0. The van der Waals surface area contributed by atoms with Gasteiger partial charge in [0.1, 0.15) is 0 Å². The Morgan fingerprint density at radius 1 is 1.42 bits per heavy atom. The first kappa shape index (κ1) is 14.5. The molecule has 2 rings (SSSR count). The highest BCUT2D eigenvalue weighted by molar-refractivity contribution is 5.21. The van der Waals surface area contributed by atoms with Gasteiger partial charge in [0.15, 0.2) is 0 Å². The zero-order valence-corrected chi connectivity index (χ0v) is 12.0. The van der Waals surface area contributed by atoms with Gasteiger partial charge in [0.25, 0.3) is 0 Å². The first-order chi connectivity index (χ1) is 9.20. The van der Waals surface area contributed by atoms with Gasteiger partial charge in [0, 0.05) is 36.8 Å². The molecule has 1 heterocycles. The lowest BCUT2D eigenvalue weighted by molar-refractivity contribution is 0.121. The van der Waals surface area contributed by atoms with E-state index in [9.17, 15) is 5.11 Å². The van der Waals surface area contributed by atoms with Crippen molar-refractivity contribution < 1.29 is 5.11 Å². The second kappa shape index (κ2) is 7.03. The lowest BCUT2D eigenvalue weighted by atomic mass is 9.84. The summed E-state index contributed by atoms with van der Waals surface area (Å²) in [5.41, 5.74) is 2.59. The van der Waals surface area contributed by atoms with Gasteiger partial charge in [-0.15, -0.1) is 0 Å². The first-order valence-corrected chi connectivity index (χ1v) is 7.24. The lowest BCUT2D eigenvalue weighted by Gasteiger charge is -2.26. The van der Waals surface area contributed by atoms with Crippen molar-refractivity contribution in [2.45, 2.75) is 44.2 Å². The van der Waals surface area contributed by atoms with Crippen molar-refractivity contribution in [3.8, 4) is 0 Å². The van der Waals surface area contributed by atoms with E-state index in [2.05, 4.69) is 27.5 Å². The number of hydrogen-bond acceptors (Lipinski definition) is 4. The molecule has 1 aromatic rings. The van der Waals surface area contributed by atoms with E-state index in [0.29, 0.717) is 5.92 Å². The van der Waals surface area contributed by atoms with Crippen LogP contribution in [-0.2, 0) is 6.54 Å². The van der Waals surface area contributed by atoms with Crippen molar-refractivity contribution in [3.05, 3.63) is 17.5 Å². The molecule has 1 saturated carbocycles. The lowest BCUT2D eigenvalue weighted by Crippen LogP contribution is -2.27. The summed E-state index contributed by atoms with van der Waals surface area (Å²) in [5, 5.41) is 20.2. The van der Waals surface area contributed by atoms with Crippen LogP contribution in [0.3, 0.4) is 0 Å². The van der Waals surface area contributed by atoms with Crippen molar-refractivity contribution in [2.75, 3.05) is 27.2 Å². The molecule has 5 nitrogen and oxygen atoms in total. The highest BCUT2D eigenvalue weighted by atomic mass is 16.3. The topological polar surface area (TPSA) is 64.2 Å². The molecule has 3 N–H and O–H groups in total. The van der Waals surface area contributed by atoms with Crippen LogP contribution in [0.25, 0.3) is 0 Å². The minimum Gasteiger partial charge on any atom is -0.393 e. The summed E-state index contributed by atoms with van der Waals surface area (Å²) >= 11 is 0. The first-order valence-electron chi connectivity index (χ1n) is 7.24. The monoisotopic (exact) mass is 266 g/mol. The average Bonchev–Trinajstić information content (AvgIpc) is 2.85. The van der Waals surface area contributed by atoms with Crippen molar-refractivity contribution in [1.82, 2.24) is 20.4 Å². The van der Waals surface area contributed by atoms with Gasteiger partial charge in [-0.1, -0.05) is 0 Å². The van der Waals surface area contributed by atoms with Crippen LogP contribution in [0.15, 0.2) is 6.20 Å². The van der Waals surface area contributed by atoms with E-state index in [1.54, 1.807) is 0 Å². The maximum Gasteiger partial charge on any atom is 0.0540 e. The van der Waals surface area contributed by atoms with E-state index in [4.69, 9.17) is 0 Å². The molecule has 1 aromatic heterocycles. The second-order valence-corrected chi connectivity index (χ2v) is 5.66. The summed E-state index contributed by atoms with van der Waals surface area (Å²) in [4.78, 5) is 2.31. The van der Waals surface area contributed by atoms with Crippen LogP contribution < -0.4 is 5.32 Å². The number of nitrogens with zero attached hydrogens (tertiary/aromatic N) is 2. The van der Waals surface area contributed by atoms with Gasteiger partial charge >= 0.3 is 0 Å². The Balaban J connectivity index is 1.93. The van der Waals surface area contributed by atoms with Crippen molar-refractivity contribution in [2.24, 2.45) is 0 Å². The molecular formula is C14H26N4O. The van der Waals surface area contributed by atoms with Crippen molar-refractivity contribution in [3.63, 3.8) is 0 Å². The number of aliphatic hydroxyl groups excluding tert-OH is 1. The van der Waals surface area contributed by atoms with Crippen LogP contribution in [0.1, 0.15) is 42.9 Å². The number of likely N-dealkylation sites (N-methyl/N-ethyl adjacent to an activating group) is 2. The van der Waals surface area contributed by atoms with Crippen molar-refractivity contribution >= 4 is 0 Å². The molecule has 1 aliphatic rings. The third-order valence-electron chi connectivity index (χ3n) is 4.04. The van der Waals surface area contributed by atoms with Crippen LogP contribution in [0.4, 0.5) is 0 Å². The summed E-state index contributed by atoms with van der Waals surface area (Å²) in [6, 6.07) is 0. The molecule has 0 amide bonds. The highest BCUT2D eigenvalue weighted by Gasteiger charge is 2.24. The smallest absolute Gasteiger partial charge is 0.0540 e. The Kier molecular flexibility index (Phi) is 5.36. The van der Waals surface area contributed by atoms with E-state index in [0.717, 1.165) is 45.3 Å². The zero-order chi connectivity index (χ0) is 13.7. The normalized spacial score (nSPS) is 24.0. The van der Waals surface area contributed by atoms with E-state index in [1.165, 1.54) is 11.3 Å². The van der Waals surface area contributed by atoms with Crippen LogP contribution >= 0.6 is 0 Å². The summed E-state index contributed by atoms with van der Waals surface area (Å²) in [6.45, 7) is 2.97. The van der Waals surface area contributed by atoms with Gasteiger partial charge in [-0.25, -0.2) is 0 Å². The summed E-state index contributed by atoms with van der Waals surface area (Å²) in [5.74, 6) is 0.540. The second-order valence-electron chi connectivity index (χ2n) is 5.66. The van der Waals surface area contributed by atoms with Gasteiger partial charge in [0.05, 0.1) is 12.3 Å². The average molecular weight is 266 g/mol. The Morgan fingerprint density at radius 2 is 2.16 bits per heavy atom. The number of nitrogens with one attached hydrogen (secondary N) is 2. The molecule has 0 atom stereocenters. The third-order valence-corrected chi connectivity index (χ3v) is 4.04. The fourth-order valence-corrected chi connectivity index (χ4v) is 2.84. The molecule has 0 spiro atoms. The van der Waals surface area contributed by atoms with Crippen LogP contribution in [-0.4, -0.2) is 53.5 Å². The number of H-pyrrole nitrogens is 1. The van der Waals surface area contributed by atoms with Gasteiger partial charge in [0.2, 0.25) is 0 Å². The minimum atomic E-state index is -0.0964. The molecule has 0 bridgehead atoms. The van der Waals surface area contributed by atoms with Gasteiger partial charge in [-0.05, 0) is 39.8 Å². The predicted molar refractivity (Wildman–Crippen MR) is 76.1 cm³/mol.